The van der Waals surface area contributed by atoms with Gasteiger partial charge in [0.15, 0.2) is 0 Å². The average Bonchev–Trinajstić information content (AvgIpc) is 3.16. The van der Waals surface area contributed by atoms with Crippen LogP contribution in [0.1, 0.15) is 29.9 Å². The molecule has 3 aromatic rings. The first kappa shape index (κ1) is 14.5. The third-order valence-electron chi connectivity index (χ3n) is 3.61. The maximum absolute atomic E-state index is 5.76. The van der Waals surface area contributed by atoms with E-state index in [0.717, 1.165) is 35.7 Å². The molecular weight excluding hydrogens is 280 g/mol. The highest BCUT2D eigenvalue weighted by molar-refractivity contribution is 5.54. The number of hydrogen-bond donors (Lipinski definition) is 0. The predicted molar refractivity (Wildman–Crippen MR) is 81.3 cm³/mol. The third kappa shape index (κ3) is 2.79. The first-order valence-corrected chi connectivity index (χ1v) is 7.44. The maximum Gasteiger partial charge on any atom is 0.251 e. The van der Waals surface area contributed by atoms with Crippen LogP contribution in [-0.4, -0.2) is 29.8 Å². The van der Waals surface area contributed by atoms with E-state index in [4.69, 9.17) is 4.42 Å². The Hall–Kier alpha value is -2.44. The highest BCUT2D eigenvalue weighted by Gasteiger charge is 2.14. The summed E-state index contributed by atoms with van der Waals surface area (Å²) >= 11 is 0. The van der Waals surface area contributed by atoms with Crippen LogP contribution in [-0.2, 0) is 19.5 Å². The Bertz CT molecular complexity index is 782. The first-order valence-electron chi connectivity index (χ1n) is 7.44. The molecule has 0 saturated heterocycles. The van der Waals surface area contributed by atoms with Crippen LogP contribution < -0.4 is 0 Å². The molecule has 3 aromatic heterocycles. The predicted octanol–water partition coefficient (Wildman–Crippen LogP) is 2.32. The van der Waals surface area contributed by atoms with E-state index in [1.807, 2.05) is 43.3 Å². The van der Waals surface area contributed by atoms with Gasteiger partial charge in [0.05, 0.1) is 17.0 Å². The molecule has 22 heavy (non-hydrogen) atoms. The SMILES string of the molecule is CCn1cc(-c2nnc(CCn3nc(C)cc3C)o2)c(C)n1. The summed E-state index contributed by atoms with van der Waals surface area (Å²) in [6.07, 6.45) is 2.60. The number of hydrogen-bond acceptors (Lipinski definition) is 5. The summed E-state index contributed by atoms with van der Waals surface area (Å²) in [5.41, 5.74) is 3.95. The van der Waals surface area contributed by atoms with Crippen LogP contribution in [0.2, 0.25) is 0 Å². The van der Waals surface area contributed by atoms with E-state index in [-0.39, 0.29) is 0 Å². The molecule has 0 aromatic carbocycles. The van der Waals surface area contributed by atoms with Gasteiger partial charge in [0.25, 0.3) is 5.89 Å². The molecule has 0 fully saturated rings. The van der Waals surface area contributed by atoms with Crippen LogP contribution in [0.5, 0.6) is 0 Å². The molecule has 0 aliphatic carbocycles. The molecule has 0 bridgehead atoms. The Morgan fingerprint density at radius 2 is 1.95 bits per heavy atom. The van der Waals surface area contributed by atoms with Gasteiger partial charge in [0.2, 0.25) is 5.89 Å². The second-order valence-corrected chi connectivity index (χ2v) is 5.39. The van der Waals surface area contributed by atoms with Gasteiger partial charge in [-0.1, -0.05) is 0 Å². The van der Waals surface area contributed by atoms with E-state index in [0.29, 0.717) is 18.2 Å². The second kappa shape index (κ2) is 5.75. The molecule has 116 valence electrons. The van der Waals surface area contributed by atoms with Crippen molar-refractivity contribution in [2.24, 2.45) is 0 Å². The van der Waals surface area contributed by atoms with Crippen LogP contribution in [0.15, 0.2) is 16.7 Å². The largest absolute Gasteiger partial charge is 0.421 e. The molecule has 3 rings (SSSR count). The lowest BCUT2D eigenvalue weighted by Gasteiger charge is -2.00. The van der Waals surface area contributed by atoms with E-state index in [9.17, 15) is 0 Å². The van der Waals surface area contributed by atoms with Gasteiger partial charge in [-0.15, -0.1) is 10.2 Å². The minimum Gasteiger partial charge on any atom is -0.421 e. The van der Waals surface area contributed by atoms with Gasteiger partial charge < -0.3 is 4.42 Å². The zero-order valence-corrected chi connectivity index (χ0v) is 13.4. The number of nitrogens with zero attached hydrogens (tertiary/aromatic N) is 6. The Balaban J connectivity index is 1.73. The number of aromatic nitrogens is 6. The third-order valence-corrected chi connectivity index (χ3v) is 3.61. The summed E-state index contributed by atoms with van der Waals surface area (Å²) in [4.78, 5) is 0. The van der Waals surface area contributed by atoms with Crippen LogP contribution in [0.25, 0.3) is 11.5 Å². The van der Waals surface area contributed by atoms with Gasteiger partial charge >= 0.3 is 0 Å². The van der Waals surface area contributed by atoms with E-state index in [2.05, 4.69) is 26.5 Å². The first-order chi connectivity index (χ1) is 10.6. The summed E-state index contributed by atoms with van der Waals surface area (Å²) in [7, 11) is 0. The normalized spacial score (nSPS) is 11.3. The summed E-state index contributed by atoms with van der Waals surface area (Å²) < 4.78 is 9.58. The topological polar surface area (TPSA) is 74.6 Å². The fourth-order valence-electron chi connectivity index (χ4n) is 2.46. The van der Waals surface area contributed by atoms with Crippen molar-refractivity contribution in [2.45, 2.75) is 47.2 Å². The molecule has 7 nitrogen and oxygen atoms in total. The van der Waals surface area contributed by atoms with E-state index in [1.54, 1.807) is 0 Å². The maximum atomic E-state index is 5.76. The monoisotopic (exact) mass is 300 g/mol. The summed E-state index contributed by atoms with van der Waals surface area (Å²) in [5.74, 6) is 1.15. The fourth-order valence-corrected chi connectivity index (χ4v) is 2.46. The van der Waals surface area contributed by atoms with Crippen LogP contribution >= 0.6 is 0 Å². The van der Waals surface area contributed by atoms with Crippen LogP contribution in [0.3, 0.4) is 0 Å². The van der Waals surface area contributed by atoms with Gasteiger partial charge in [-0.3, -0.25) is 9.36 Å². The molecule has 0 N–H and O–H groups in total. The van der Waals surface area contributed by atoms with Crippen molar-refractivity contribution in [1.29, 1.82) is 0 Å². The quantitative estimate of drug-likeness (QED) is 0.723. The average molecular weight is 300 g/mol. The molecule has 0 atom stereocenters. The van der Waals surface area contributed by atoms with Crippen LogP contribution in [0.4, 0.5) is 0 Å². The number of aryl methyl sites for hydroxylation is 6. The van der Waals surface area contributed by atoms with Gasteiger partial charge in [-0.05, 0) is 33.8 Å². The van der Waals surface area contributed by atoms with Crippen molar-refractivity contribution >= 4 is 0 Å². The molecule has 0 aliphatic rings. The Labute approximate surface area is 129 Å². The van der Waals surface area contributed by atoms with E-state index >= 15 is 0 Å². The van der Waals surface area contributed by atoms with Crippen molar-refractivity contribution in [1.82, 2.24) is 29.8 Å². The molecule has 0 radical (unpaired) electrons. The van der Waals surface area contributed by atoms with Crippen molar-refractivity contribution in [3.8, 4) is 11.5 Å². The van der Waals surface area contributed by atoms with Gasteiger partial charge in [0, 0.05) is 31.4 Å². The van der Waals surface area contributed by atoms with E-state index in [1.165, 1.54) is 0 Å². The zero-order valence-electron chi connectivity index (χ0n) is 13.4. The lowest BCUT2D eigenvalue weighted by atomic mass is 10.3. The molecule has 3 heterocycles. The lowest BCUT2D eigenvalue weighted by molar-refractivity contribution is 0.471. The lowest BCUT2D eigenvalue weighted by Crippen LogP contribution is -2.05. The molecule has 7 heteroatoms. The zero-order chi connectivity index (χ0) is 15.7. The molecule has 0 spiro atoms. The van der Waals surface area contributed by atoms with Crippen molar-refractivity contribution in [2.75, 3.05) is 0 Å². The summed E-state index contributed by atoms with van der Waals surface area (Å²) in [6.45, 7) is 9.57. The molecule has 0 amide bonds. The smallest absolute Gasteiger partial charge is 0.251 e. The van der Waals surface area contributed by atoms with Crippen molar-refractivity contribution in [3.05, 3.63) is 35.2 Å². The Morgan fingerprint density at radius 1 is 1.14 bits per heavy atom. The van der Waals surface area contributed by atoms with E-state index < -0.39 is 0 Å². The van der Waals surface area contributed by atoms with Crippen molar-refractivity contribution < 1.29 is 4.42 Å². The minimum absolute atomic E-state index is 0.528. The molecule has 0 unspecified atom stereocenters. The Kier molecular flexibility index (Phi) is 3.79. The minimum atomic E-state index is 0.528. The van der Waals surface area contributed by atoms with Crippen molar-refractivity contribution in [3.63, 3.8) is 0 Å². The number of rotatable bonds is 5. The summed E-state index contributed by atoms with van der Waals surface area (Å²) in [5, 5.41) is 17.1. The highest BCUT2D eigenvalue weighted by atomic mass is 16.4. The second-order valence-electron chi connectivity index (χ2n) is 5.39. The summed E-state index contributed by atoms with van der Waals surface area (Å²) in [6, 6.07) is 2.06. The molecule has 0 aliphatic heterocycles. The van der Waals surface area contributed by atoms with Gasteiger partial charge in [-0.2, -0.15) is 10.2 Å². The van der Waals surface area contributed by atoms with Gasteiger partial charge in [-0.25, -0.2) is 0 Å². The fraction of sp³-hybridized carbons (Fsp3) is 0.467. The molecular formula is C15H20N6O. The van der Waals surface area contributed by atoms with Crippen LogP contribution in [0, 0.1) is 20.8 Å². The van der Waals surface area contributed by atoms with Gasteiger partial charge in [0.1, 0.15) is 0 Å². The standard InChI is InChI=1S/C15H20N6O/c1-5-20-9-13(12(4)19-20)15-17-16-14(22-15)6-7-21-11(3)8-10(2)18-21/h8-9H,5-7H2,1-4H3. The highest BCUT2D eigenvalue weighted by Crippen LogP contribution is 2.21. The Morgan fingerprint density at radius 3 is 2.59 bits per heavy atom. The molecule has 0 saturated carbocycles.